The van der Waals surface area contributed by atoms with Crippen LogP contribution in [0.5, 0.6) is 5.75 Å². The van der Waals surface area contributed by atoms with E-state index in [4.69, 9.17) is 4.74 Å². The molecule has 0 bridgehead atoms. The third-order valence-electron chi connectivity index (χ3n) is 5.10. The minimum absolute atomic E-state index is 0. The average Bonchev–Trinajstić information content (AvgIpc) is 3.26. The maximum Gasteiger partial charge on any atom is 0.130 e. The van der Waals surface area contributed by atoms with Gasteiger partial charge in [0.05, 0.1) is 13.7 Å². The van der Waals surface area contributed by atoms with Crippen LogP contribution in [0.25, 0.3) is 0 Å². The number of thiophene rings is 1. The van der Waals surface area contributed by atoms with Gasteiger partial charge in [0.15, 0.2) is 0 Å². The highest BCUT2D eigenvalue weighted by Crippen LogP contribution is 2.30. The van der Waals surface area contributed by atoms with Crippen LogP contribution < -0.4 is 22.5 Å². The Morgan fingerprint density at radius 2 is 1.68 bits per heavy atom. The quantitative estimate of drug-likeness (QED) is 0.545. The lowest BCUT2D eigenvalue weighted by molar-refractivity contribution is -0.694. The topological polar surface area (TPSA) is 46.1 Å². The van der Waals surface area contributed by atoms with Crippen LogP contribution in [0, 0.1) is 0 Å². The first-order chi connectivity index (χ1) is 13.2. The fourth-order valence-corrected chi connectivity index (χ4v) is 4.16. The predicted molar refractivity (Wildman–Crippen MR) is 111 cm³/mol. The normalized spacial score (nSPS) is 14.0. The first-order valence-corrected chi connectivity index (χ1v) is 10.4. The largest absolute Gasteiger partial charge is 1.00 e. The third kappa shape index (κ3) is 5.82. The van der Waals surface area contributed by atoms with Crippen molar-refractivity contribution in [3.8, 4) is 5.75 Å². The molecule has 0 aliphatic heterocycles. The zero-order valence-corrected chi connectivity index (χ0v) is 17.9. The Labute approximate surface area is 177 Å². The highest BCUT2D eigenvalue weighted by Gasteiger charge is 2.21. The van der Waals surface area contributed by atoms with Gasteiger partial charge in [-0.3, -0.25) is 0 Å². The van der Waals surface area contributed by atoms with Crippen molar-refractivity contribution in [1.82, 2.24) is 0 Å². The van der Waals surface area contributed by atoms with E-state index < -0.39 is 6.10 Å². The van der Waals surface area contributed by atoms with Crippen molar-refractivity contribution < 1.29 is 27.6 Å². The van der Waals surface area contributed by atoms with Crippen LogP contribution in [0.2, 0.25) is 0 Å². The van der Waals surface area contributed by atoms with Crippen LogP contribution in [0.15, 0.2) is 71.4 Å². The molecule has 0 fully saturated rings. The average molecular weight is 418 g/mol. The minimum Gasteiger partial charge on any atom is -1.00 e. The number of methoxy groups -OCH3 is 1. The van der Waals surface area contributed by atoms with Crippen molar-refractivity contribution in [2.75, 3.05) is 13.7 Å². The molecule has 1 aromatic heterocycles. The Balaban J connectivity index is 0.00000280. The molecule has 1 heterocycles. The molecule has 3 atom stereocenters. The molecule has 3 aromatic rings. The van der Waals surface area contributed by atoms with Gasteiger partial charge in [0.1, 0.15) is 17.9 Å². The lowest BCUT2D eigenvalue weighted by Crippen LogP contribution is -3.00. The number of ether oxygens (including phenoxy) is 1. The summed E-state index contributed by atoms with van der Waals surface area (Å²) >= 11 is 1.74. The maximum atomic E-state index is 10.6. The second kappa shape index (κ2) is 11.2. The number of hydrogen-bond donors (Lipinski definition) is 2. The molecule has 2 aromatic carbocycles. The van der Waals surface area contributed by atoms with Gasteiger partial charge in [-0.2, -0.15) is 11.3 Å². The van der Waals surface area contributed by atoms with Crippen LogP contribution in [-0.2, 0) is 0 Å². The Morgan fingerprint density at radius 1 is 0.964 bits per heavy atom. The number of benzene rings is 2. The van der Waals surface area contributed by atoms with Gasteiger partial charge >= 0.3 is 0 Å². The van der Waals surface area contributed by atoms with E-state index in [1.807, 2.05) is 42.5 Å². The molecule has 28 heavy (non-hydrogen) atoms. The predicted octanol–water partition coefficient (Wildman–Crippen LogP) is 0.968. The van der Waals surface area contributed by atoms with Gasteiger partial charge in [-0.05, 0) is 52.6 Å². The first-order valence-electron chi connectivity index (χ1n) is 9.41. The molecule has 0 radical (unpaired) electrons. The molecule has 0 amide bonds. The van der Waals surface area contributed by atoms with Crippen molar-refractivity contribution in [3.05, 3.63) is 88.1 Å². The van der Waals surface area contributed by atoms with Gasteiger partial charge < -0.3 is 27.6 Å². The second-order valence-corrected chi connectivity index (χ2v) is 7.69. The van der Waals surface area contributed by atoms with E-state index in [9.17, 15) is 5.11 Å². The Hall–Kier alpha value is -1.85. The van der Waals surface area contributed by atoms with Crippen LogP contribution in [0.3, 0.4) is 0 Å². The number of aliphatic hydroxyl groups excluding tert-OH is 1. The van der Waals surface area contributed by atoms with E-state index in [1.165, 1.54) is 11.1 Å². The number of halogens is 1. The molecule has 5 heteroatoms. The van der Waals surface area contributed by atoms with Crippen molar-refractivity contribution in [3.63, 3.8) is 0 Å². The van der Waals surface area contributed by atoms with Crippen LogP contribution in [0.1, 0.15) is 42.1 Å². The van der Waals surface area contributed by atoms with Crippen LogP contribution >= 0.6 is 11.3 Å². The monoisotopic (exact) mass is 417 g/mol. The Kier molecular flexibility index (Phi) is 9.00. The number of hydrogen-bond acceptors (Lipinski definition) is 3. The summed E-state index contributed by atoms with van der Waals surface area (Å²) < 4.78 is 5.29. The summed E-state index contributed by atoms with van der Waals surface area (Å²) in [6.45, 7) is 3.04. The van der Waals surface area contributed by atoms with Crippen molar-refractivity contribution in [1.29, 1.82) is 0 Å². The second-order valence-electron chi connectivity index (χ2n) is 6.91. The molecule has 0 aliphatic rings. The van der Waals surface area contributed by atoms with Gasteiger partial charge in [0.25, 0.3) is 0 Å². The number of aliphatic hydroxyl groups is 1. The van der Waals surface area contributed by atoms with Gasteiger partial charge in [0.2, 0.25) is 0 Å². The van der Waals surface area contributed by atoms with Gasteiger partial charge in [0, 0.05) is 12.3 Å². The fourth-order valence-electron chi connectivity index (χ4n) is 3.44. The molecular formula is C23H28ClNO2S. The zero-order valence-electron chi connectivity index (χ0n) is 16.3. The van der Waals surface area contributed by atoms with E-state index in [-0.39, 0.29) is 18.4 Å². The lowest BCUT2D eigenvalue weighted by Gasteiger charge is -2.20. The summed E-state index contributed by atoms with van der Waals surface area (Å²) in [5, 5.41) is 17.2. The summed E-state index contributed by atoms with van der Waals surface area (Å²) in [6.07, 6.45) is 0.571. The molecule has 3 unspecified atom stereocenters. The molecule has 0 saturated heterocycles. The smallest absolute Gasteiger partial charge is 0.130 e. The van der Waals surface area contributed by atoms with Crippen LogP contribution in [0.4, 0.5) is 0 Å². The number of nitrogens with two attached hydrogens (primary N) is 1. The van der Waals surface area contributed by atoms with Crippen molar-refractivity contribution in [2.24, 2.45) is 0 Å². The summed E-state index contributed by atoms with van der Waals surface area (Å²) in [4.78, 5) is 0. The summed E-state index contributed by atoms with van der Waals surface area (Å²) in [7, 11) is 1.69. The lowest BCUT2D eigenvalue weighted by atomic mass is 9.90. The van der Waals surface area contributed by atoms with Crippen molar-refractivity contribution >= 4 is 11.3 Å². The van der Waals surface area contributed by atoms with E-state index in [1.54, 1.807) is 18.4 Å². The molecule has 3 N–H and O–H groups in total. The maximum absolute atomic E-state index is 10.6. The van der Waals surface area contributed by atoms with E-state index in [2.05, 4.69) is 41.2 Å². The summed E-state index contributed by atoms with van der Waals surface area (Å²) in [6, 6.07) is 20.6. The highest BCUT2D eigenvalue weighted by atomic mass is 35.5. The Bertz CT molecular complexity index is 793. The number of rotatable bonds is 9. The summed E-state index contributed by atoms with van der Waals surface area (Å²) in [5.41, 5.74) is 3.64. The Morgan fingerprint density at radius 3 is 2.29 bits per heavy atom. The van der Waals surface area contributed by atoms with E-state index >= 15 is 0 Å². The molecule has 0 saturated carbocycles. The first kappa shape index (κ1) is 22.4. The minimum atomic E-state index is -0.452. The van der Waals surface area contributed by atoms with E-state index in [0.29, 0.717) is 5.92 Å². The number of quaternary nitrogens is 1. The zero-order chi connectivity index (χ0) is 19.1. The third-order valence-corrected chi connectivity index (χ3v) is 5.80. The van der Waals surface area contributed by atoms with Crippen LogP contribution in [-0.4, -0.2) is 24.8 Å². The van der Waals surface area contributed by atoms with E-state index in [0.717, 1.165) is 24.3 Å². The molecular weight excluding hydrogens is 390 g/mol. The molecule has 0 aliphatic carbocycles. The van der Waals surface area contributed by atoms with Crippen molar-refractivity contribution in [2.45, 2.75) is 31.4 Å². The molecule has 3 nitrogen and oxygen atoms in total. The molecule has 150 valence electrons. The molecule has 0 spiro atoms. The van der Waals surface area contributed by atoms with Gasteiger partial charge in [-0.25, -0.2) is 0 Å². The fraction of sp³-hybridized carbons (Fsp3) is 0.304. The van der Waals surface area contributed by atoms with Gasteiger partial charge in [-0.1, -0.05) is 42.5 Å². The SMILES string of the molecule is COc1ccc(C(CC[NH2+]C(C)C(O)c2ccccc2)c2ccsc2)cc1.[Cl-]. The molecule has 3 rings (SSSR count). The van der Waals surface area contributed by atoms with Gasteiger partial charge in [-0.15, -0.1) is 0 Å². The summed E-state index contributed by atoms with van der Waals surface area (Å²) in [5.74, 6) is 1.24. The standard InChI is InChI=1S/C23H27NO2S.ClH/c1-17(23(25)19-6-4-3-5-7-19)24-14-12-22(20-13-15-27-16-20)18-8-10-21(26-2)11-9-18;/h3-11,13,15-17,22-25H,12,14H2,1-2H3;1H. The highest BCUT2D eigenvalue weighted by molar-refractivity contribution is 7.08.